The number of ether oxygens (including phenoxy) is 2. The molecule has 2 aromatic heterocycles. The quantitative estimate of drug-likeness (QED) is 0.239. The van der Waals surface area contributed by atoms with Gasteiger partial charge in [0, 0.05) is 41.4 Å². The number of carbonyl (C=O) groups is 3. The third-order valence-electron chi connectivity index (χ3n) is 7.43. The van der Waals surface area contributed by atoms with Crippen LogP contribution in [0.25, 0.3) is 22.9 Å². The monoisotopic (exact) mass is 647 g/mol. The molecule has 4 aromatic rings. The molecule has 1 aliphatic rings. The Hall–Kier alpha value is -5.57. The molecular formula is C30H30ClN9O6. The van der Waals surface area contributed by atoms with E-state index in [-0.39, 0.29) is 5.92 Å². The lowest BCUT2D eigenvalue weighted by Gasteiger charge is -2.36. The fourth-order valence-electron chi connectivity index (χ4n) is 5.21. The number of nitrogens with one attached hydrogen (secondary N) is 3. The van der Waals surface area contributed by atoms with Crippen LogP contribution in [0.1, 0.15) is 30.1 Å². The number of hydrogen-bond donors (Lipinski definition) is 3. The number of carbonyl (C=O) groups excluding carboxylic acids is 3. The molecular weight excluding hydrogens is 618 g/mol. The van der Waals surface area contributed by atoms with Crippen molar-refractivity contribution in [2.45, 2.75) is 18.9 Å². The Balaban J connectivity index is 1.45. The van der Waals surface area contributed by atoms with Crippen molar-refractivity contribution in [3.8, 4) is 16.8 Å². The van der Waals surface area contributed by atoms with E-state index in [9.17, 15) is 19.2 Å². The number of methoxy groups -OCH3 is 2. The highest BCUT2D eigenvalue weighted by molar-refractivity contribution is 6.30. The molecule has 3 heterocycles. The molecule has 0 saturated carbocycles. The molecule has 2 atom stereocenters. The number of rotatable bonds is 8. The highest BCUT2D eigenvalue weighted by Crippen LogP contribution is 2.31. The summed E-state index contributed by atoms with van der Waals surface area (Å²) in [5, 5.41) is 24.1. The zero-order chi connectivity index (χ0) is 32.6. The van der Waals surface area contributed by atoms with Crippen molar-refractivity contribution in [3.63, 3.8) is 0 Å². The summed E-state index contributed by atoms with van der Waals surface area (Å²) in [6.07, 6.45) is 4.62. The highest BCUT2D eigenvalue weighted by atomic mass is 35.5. The zero-order valence-electron chi connectivity index (χ0n) is 24.8. The Morgan fingerprint density at radius 1 is 1.11 bits per heavy atom. The van der Waals surface area contributed by atoms with Gasteiger partial charge in [-0.25, -0.2) is 14.7 Å². The minimum atomic E-state index is -0.696. The minimum absolute atomic E-state index is 0.258. The lowest BCUT2D eigenvalue weighted by atomic mass is 9.88. The van der Waals surface area contributed by atoms with Gasteiger partial charge in [-0.2, -0.15) is 9.78 Å². The number of H-pyrrole nitrogens is 1. The number of anilines is 1. The van der Waals surface area contributed by atoms with Crippen molar-refractivity contribution in [2.75, 3.05) is 32.6 Å². The van der Waals surface area contributed by atoms with Gasteiger partial charge in [-0.15, -0.1) is 5.10 Å². The van der Waals surface area contributed by atoms with Crippen LogP contribution in [0.15, 0.2) is 65.7 Å². The Labute approximate surface area is 267 Å². The number of halogens is 1. The van der Waals surface area contributed by atoms with Crippen molar-refractivity contribution in [1.29, 1.82) is 0 Å². The van der Waals surface area contributed by atoms with E-state index in [4.69, 9.17) is 16.3 Å². The van der Waals surface area contributed by atoms with Gasteiger partial charge in [0.15, 0.2) is 0 Å². The van der Waals surface area contributed by atoms with Gasteiger partial charge >= 0.3 is 12.2 Å². The summed E-state index contributed by atoms with van der Waals surface area (Å²) >= 11 is 6.23. The number of aromatic nitrogens is 6. The molecule has 2 unspecified atom stereocenters. The number of hydrogen-bond acceptors (Lipinski definition) is 10. The van der Waals surface area contributed by atoms with Crippen molar-refractivity contribution in [3.05, 3.63) is 87.6 Å². The fourth-order valence-corrected chi connectivity index (χ4v) is 5.39. The molecule has 46 heavy (non-hydrogen) atoms. The standard InChI is InChI=1S/C30H30ClN9O6/c1-45-29(43)33-22-9-5-18(6-10-22)23-15-24(35-36-28(23)42)27(20-4-3-13-39(16-20)30(44)46-2)34-26(41)12-7-19-14-21(31)8-11-25(19)40-17-32-37-38-40/h5-12,14-15,17,20,27H,3-4,13,16H2,1-2H3,(H,33,43)(H,34,41)(H,36,42)/b12-7+. The topological polar surface area (TPSA) is 186 Å². The van der Waals surface area contributed by atoms with Gasteiger partial charge in [-0.1, -0.05) is 23.7 Å². The number of amides is 3. The van der Waals surface area contributed by atoms with E-state index in [1.807, 2.05) is 0 Å². The largest absolute Gasteiger partial charge is 0.453 e. The molecule has 5 rings (SSSR count). The molecule has 1 saturated heterocycles. The van der Waals surface area contributed by atoms with Gasteiger partial charge in [-0.3, -0.25) is 14.9 Å². The molecule has 0 aliphatic carbocycles. The molecule has 0 radical (unpaired) electrons. The van der Waals surface area contributed by atoms with Crippen LogP contribution in [0.2, 0.25) is 5.02 Å². The molecule has 15 nitrogen and oxygen atoms in total. The first kappa shape index (κ1) is 31.8. The van der Waals surface area contributed by atoms with Gasteiger partial charge in [0.2, 0.25) is 5.91 Å². The second-order valence-corrected chi connectivity index (χ2v) is 10.8. The van der Waals surface area contributed by atoms with E-state index in [1.165, 1.54) is 31.3 Å². The summed E-state index contributed by atoms with van der Waals surface area (Å²) in [5.41, 5.74) is 2.48. The fraction of sp³-hybridized carbons (Fsp3) is 0.267. The third-order valence-corrected chi connectivity index (χ3v) is 7.66. The predicted octanol–water partition coefficient (Wildman–Crippen LogP) is 3.59. The summed E-state index contributed by atoms with van der Waals surface area (Å²) in [6.45, 7) is 0.803. The first-order valence-electron chi connectivity index (χ1n) is 14.1. The van der Waals surface area contributed by atoms with Crippen molar-refractivity contribution >= 4 is 41.5 Å². The summed E-state index contributed by atoms with van der Waals surface area (Å²) < 4.78 is 11.0. The van der Waals surface area contributed by atoms with Crippen LogP contribution in [-0.4, -0.2) is 80.7 Å². The van der Waals surface area contributed by atoms with E-state index < -0.39 is 29.7 Å². The van der Waals surface area contributed by atoms with Gasteiger partial charge in [-0.05, 0) is 71.3 Å². The first-order valence-corrected chi connectivity index (χ1v) is 14.5. The van der Waals surface area contributed by atoms with Crippen LogP contribution in [0.5, 0.6) is 0 Å². The Bertz CT molecular complexity index is 1790. The summed E-state index contributed by atoms with van der Waals surface area (Å²) in [4.78, 5) is 51.9. The second-order valence-electron chi connectivity index (χ2n) is 10.3. The van der Waals surface area contributed by atoms with E-state index in [0.717, 1.165) is 0 Å². The van der Waals surface area contributed by atoms with E-state index in [2.05, 4.69) is 41.1 Å². The van der Waals surface area contributed by atoms with Crippen molar-refractivity contribution in [1.82, 2.24) is 40.6 Å². The molecule has 1 fully saturated rings. The molecule has 3 N–H and O–H groups in total. The molecule has 16 heteroatoms. The maximum Gasteiger partial charge on any atom is 0.411 e. The van der Waals surface area contributed by atoms with Crippen molar-refractivity contribution in [2.24, 2.45) is 5.92 Å². The van der Waals surface area contributed by atoms with Crippen molar-refractivity contribution < 1.29 is 23.9 Å². The third kappa shape index (κ3) is 7.55. The minimum Gasteiger partial charge on any atom is -0.453 e. The predicted molar refractivity (Wildman–Crippen MR) is 167 cm³/mol. The number of piperidine rings is 1. The zero-order valence-corrected chi connectivity index (χ0v) is 25.6. The summed E-state index contributed by atoms with van der Waals surface area (Å²) in [5.74, 6) is -0.707. The lowest BCUT2D eigenvalue weighted by molar-refractivity contribution is -0.117. The summed E-state index contributed by atoms with van der Waals surface area (Å²) in [6, 6.07) is 12.6. The van der Waals surface area contributed by atoms with Crippen LogP contribution >= 0.6 is 11.6 Å². The van der Waals surface area contributed by atoms with Crippen LogP contribution in [0.4, 0.5) is 15.3 Å². The highest BCUT2D eigenvalue weighted by Gasteiger charge is 2.33. The number of tetrazole rings is 1. The average Bonchev–Trinajstić information content (AvgIpc) is 3.61. The van der Waals surface area contributed by atoms with E-state index >= 15 is 0 Å². The molecule has 3 amide bonds. The molecule has 2 aromatic carbocycles. The Morgan fingerprint density at radius 3 is 2.63 bits per heavy atom. The molecule has 1 aliphatic heterocycles. The molecule has 0 spiro atoms. The Kier molecular flexibility index (Phi) is 10.0. The average molecular weight is 648 g/mol. The Morgan fingerprint density at radius 2 is 1.91 bits per heavy atom. The van der Waals surface area contributed by atoms with Gasteiger partial charge < -0.3 is 19.7 Å². The van der Waals surface area contributed by atoms with Crippen LogP contribution < -0.4 is 16.2 Å². The van der Waals surface area contributed by atoms with Crippen LogP contribution in [0.3, 0.4) is 0 Å². The van der Waals surface area contributed by atoms with Gasteiger partial charge in [0.25, 0.3) is 5.56 Å². The van der Waals surface area contributed by atoms with E-state index in [1.54, 1.807) is 59.5 Å². The lowest BCUT2D eigenvalue weighted by Crippen LogP contribution is -2.45. The van der Waals surface area contributed by atoms with Gasteiger partial charge in [0.1, 0.15) is 6.33 Å². The summed E-state index contributed by atoms with van der Waals surface area (Å²) in [7, 11) is 2.58. The number of likely N-dealkylation sites (tertiary alicyclic amines) is 1. The smallest absolute Gasteiger partial charge is 0.411 e. The van der Waals surface area contributed by atoms with Crippen LogP contribution in [-0.2, 0) is 14.3 Å². The second kappa shape index (κ2) is 14.5. The SMILES string of the molecule is COC(=O)Nc1ccc(-c2cc(C(NC(=O)/C=C/c3cc(Cl)ccc3-n3cnnn3)C3CCCN(C(=O)OC)C3)n[nH]c2=O)cc1. The maximum atomic E-state index is 13.4. The van der Waals surface area contributed by atoms with E-state index in [0.29, 0.717) is 64.7 Å². The first-order chi connectivity index (χ1) is 22.2. The number of benzene rings is 2. The van der Waals surface area contributed by atoms with Gasteiger partial charge in [0.05, 0.1) is 37.2 Å². The number of nitrogens with zero attached hydrogens (tertiary/aromatic N) is 6. The molecule has 238 valence electrons. The van der Waals surface area contributed by atoms with Crippen LogP contribution in [0, 0.1) is 5.92 Å². The maximum absolute atomic E-state index is 13.4. The normalized spacial score (nSPS) is 15.3. The molecule has 0 bridgehead atoms. The number of aromatic amines is 1.